The maximum absolute atomic E-state index is 12.0. The third kappa shape index (κ3) is 3.50. The van der Waals surface area contributed by atoms with Crippen LogP contribution in [0.5, 0.6) is 0 Å². The molecular weight excluding hydrogens is 256 g/mol. The van der Waals surface area contributed by atoms with Crippen molar-refractivity contribution >= 4 is 6.03 Å². The Labute approximate surface area is 119 Å². The molecule has 0 unspecified atom stereocenters. The Kier molecular flexibility index (Phi) is 3.91. The molecule has 2 fully saturated rings. The first-order chi connectivity index (χ1) is 9.70. The van der Waals surface area contributed by atoms with E-state index in [0.29, 0.717) is 0 Å². The normalized spacial score (nSPS) is 20.1. The fourth-order valence-corrected chi connectivity index (χ4v) is 2.49. The second-order valence-corrected chi connectivity index (χ2v) is 5.83. The number of urea groups is 1. The van der Waals surface area contributed by atoms with Crippen LogP contribution in [-0.4, -0.2) is 53.7 Å². The van der Waals surface area contributed by atoms with Crippen LogP contribution in [0.25, 0.3) is 0 Å². The van der Waals surface area contributed by atoms with Crippen molar-refractivity contribution in [2.45, 2.75) is 26.3 Å². The first-order valence-electron chi connectivity index (χ1n) is 7.38. The molecule has 0 atom stereocenters. The number of carbonyl (C=O) groups is 1. The van der Waals surface area contributed by atoms with E-state index in [2.05, 4.69) is 15.4 Å². The number of carbonyl (C=O) groups excluding carboxylic acids is 1. The fraction of sp³-hybridized carbons (Fsp3) is 0.714. The number of aromatic nitrogens is 1. The maximum Gasteiger partial charge on any atom is 0.317 e. The quantitative estimate of drug-likeness (QED) is 0.899. The number of rotatable bonds is 4. The van der Waals surface area contributed by atoms with Gasteiger partial charge in [0.1, 0.15) is 0 Å². The van der Waals surface area contributed by atoms with Gasteiger partial charge in [0.05, 0.1) is 12.2 Å². The molecule has 1 aliphatic carbocycles. The zero-order valence-corrected chi connectivity index (χ0v) is 12.0. The number of aryl methyl sites for hydroxylation is 1. The Morgan fingerprint density at radius 1 is 1.40 bits per heavy atom. The maximum atomic E-state index is 12.0. The molecule has 1 aromatic heterocycles. The summed E-state index contributed by atoms with van der Waals surface area (Å²) in [5.74, 6) is 1.63. The number of piperazine rings is 1. The molecule has 2 aliphatic rings. The lowest BCUT2D eigenvalue weighted by Gasteiger charge is -2.34. The van der Waals surface area contributed by atoms with Gasteiger partial charge >= 0.3 is 6.03 Å². The molecule has 1 saturated carbocycles. The van der Waals surface area contributed by atoms with E-state index < -0.39 is 0 Å². The SMILES string of the molecule is Cc1cc(CN2CCN(C(=O)NCC3CC3)CC2)on1. The standard InChI is InChI=1S/C14H22N4O2/c1-11-8-13(20-16-11)10-17-4-6-18(7-5-17)14(19)15-9-12-2-3-12/h8,12H,2-7,9-10H2,1H3,(H,15,19). The van der Waals surface area contributed by atoms with Crippen LogP contribution in [0.15, 0.2) is 10.6 Å². The Hall–Kier alpha value is -1.56. The summed E-state index contributed by atoms with van der Waals surface area (Å²) in [6.45, 7) is 6.88. The van der Waals surface area contributed by atoms with Gasteiger partial charge in [0.25, 0.3) is 0 Å². The van der Waals surface area contributed by atoms with Crippen LogP contribution in [0.2, 0.25) is 0 Å². The van der Waals surface area contributed by atoms with E-state index in [1.807, 2.05) is 17.9 Å². The summed E-state index contributed by atoms with van der Waals surface area (Å²) < 4.78 is 5.23. The van der Waals surface area contributed by atoms with Gasteiger partial charge in [0.15, 0.2) is 5.76 Å². The zero-order valence-electron chi connectivity index (χ0n) is 12.0. The summed E-state index contributed by atoms with van der Waals surface area (Å²) >= 11 is 0. The smallest absolute Gasteiger partial charge is 0.317 e. The van der Waals surface area contributed by atoms with Crippen molar-refractivity contribution in [2.24, 2.45) is 5.92 Å². The van der Waals surface area contributed by atoms with Gasteiger partial charge in [-0.05, 0) is 25.7 Å². The molecule has 3 rings (SSSR count). The monoisotopic (exact) mass is 278 g/mol. The Bertz CT molecular complexity index is 461. The van der Waals surface area contributed by atoms with Crippen LogP contribution in [0.1, 0.15) is 24.3 Å². The number of hydrogen-bond acceptors (Lipinski definition) is 4. The van der Waals surface area contributed by atoms with Crippen LogP contribution in [0, 0.1) is 12.8 Å². The Balaban J connectivity index is 1.40. The molecule has 0 bridgehead atoms. The van der Waals surface area contributed by atoms with Gasteiger partial charge in [-0.25, -0.2) is 4.79 Å². The van der Waals surface area contributed by atoms with Crippen LogP contribution in [0.4, 0.5) is 4.79 Å². The molecule has 0 radical (unpaired) electrons. The molecule has 1 aromatic rings. The molecule has 0 spiro atoms. The van der Waals surface area contributed by atoms with Gasteiger partial charge in [0.2, 0.25) is 0 Å². The molecule has 1 N–H and O–H groups in total. The molecule has 1 aliphatic heterocycles. The predicted molar refractivity (Wildman–Crippen MR) is 74.2 cm³/mol. The number of amides is 2. The zero-order chi connectivity index (χ0) is 13.9. The van der Waals surface area contributed by atoms with E-state index in [4.69, 9.17) is 4.52 Å². The van der Waals surface area contributed by atoms with Gasteiger partial charge in [-0.1, -0.05) is 5.16 Å². The molecule has 6 heteroatoms. The first kappa shape index (κ1) is 13.4. The van der Waals surface area contributed by atoms with E-state index in [1.165, 1.54) is 12.8 Å². The summed E-state index contributed by atoms with van der Waals surface area (Å²) in [7, 11) is 0. The van der Waals surface area contributed by atoms with Crippen molar-refractivity contribution in [2.75, 3.05) is 32.7 Å². The lowest BCUT2D eigenvalue weighted by Crippen LogP contribution is -2.51. The number of hydrogen-bond donors (Lipinski definition) is 1. The largest absolute Gasteiger partial charge is 0.360 e. The van der Waals surface area contributed by atoms with E-state index in [-0.39, 0.29) is 6.03 Å². The van der Waals surface area contributed by atoms with Gasteiger partial charge in [-0.15, -0.1) is 0 Å². The highest BCUT2D eigenvalue weighted by molar-refractivity contribution is 5.74. The molecule has 2 amide bonds. The van der Waals surface area contributed by atoms with Crippen molar-refractivity contribution in [1.29, 1.82) is 0 Å². The molecule has 6 nitrogen and oxygen atoms in total. The van der Waals surface area contributed by atoms with Gasteiger partial charge < -0.3 is 14.7 Å². The minimum Gasteiger partial charge on any atom is -0.360 e. The van der Waals surface area contributed by atoms with Crippen LogP contribution in [-0.2, 0) is 6.54 Å². The van der Waals surface area contributed by atoms with Gasteiger partial charge in [0, 0.05) is 38.8 Å². The summed E-state index contributed by atoms with van der Waals surface area (Å²) in [4.78, 5) is 16.2. The minimum atomic E-state index is 0.0899. The van der Waals surface area contributed by atoms with E-state index >= 15 is 0 Å². The molecule has 110 valence electrons. The van der Waals surface area contributed by atoms with Crippen molar-refractivity contribution in [3.05, 3.63) is 17.5 Å². The van der Waals surface area contributed by atoms with Crippen LogP contribution in [0.3, 0.4) is 0 Å². The van der Waals surface area contributed by atoms with Crippen LogP contribution < -0.4 is 5.32 Å². The molecule has 2 heterocycles. The average Bonchev–Trinajstić information content (AvgIpc) is 3.20. The average molecular weight is 278 g/mol. The van der Waals surface area contributed by atoms with E-state index in [1.54, 1.807) is 0 Å². The van der Waals surface area contributed by atoms with Crippen molar-refractivity contribution < 1.29 is 9.32 Å². The van der Waals surface area contributed by atoms with E-state index in [0.717, 1.165) is 56.6 Å². The Morgan fingerprint density at radius 3 is 2.75 bits per heavy atom. The van der Waals surface area contributed by atoms with Crippen molar-refractivity contribution in [3.8, 4) is 0 Å². The summed E-state index contributed by atoms with van der Waals surface area (Å²) in [5, 5.41) is 6.92. The molecular formula is C14H22N4O2. The highest BCUT2D eigenvalue weighted by atomic mass is 16.5. The summed E-state index contributed by atoms with van der Waals surface area (Å²) in [6, 6.07) is 2.06. The molecule has 1 saturated heterocycles. The summed E-state index contributed by atoms with van der Waals surface area (Å²) in [5.41, 5.74) is 0.915. The predicted octanol–water partition coefficient (Wildman–Crippen LogP) is 1.22. The minimum absolute atomic E-state index is 0.0899. The lowest BCUT2D eigenvalue weighted by atomic mass is 10.3. The Morgan fingerprint density at radius 2 is 2.15 bits per heavy atom. The summed E-state index contributed by atoms with van der Waals surface area (Å²) in [6.07, 6.45) is 2.54. The second-order valence-electron chi connectivity index (χ2n) is 5.83. The highest BCUT2D eigenvalue weighted by Crippen LogP contribution is 2.27. The van der Waals surface area contributed by atoms with Gasteiger partial charge in [-0.3, -0.25) is 4.90 Å². The van der Waals surface area contributed by atoms with E-state index in [9.17, 15) is 4.79 Å². The van der Waals surface area contributed by atoms with Crippen LogP contribution >= 0.6 is 0 Å². The lowest BCUT2D eigenvalue weighted by molar-refractivity contribution is 0.128. The molecule has 0 aromatic carbocycles. The second kappa shape index (κ2) is 5.83. The third-order valence-corrected chi connectivity index (χ3v) is 3.95. The molecule has 20 heavy (non-hydrogen) atoms. The fourth-order valence-electron chi connectivity index (χ4n) is 2.49. The first-order valence-corrected chi connectivity index (χ1v) is 7.38. The van der Waals surface area contributed by atoms with Crippen molar-refractivity contribution in [1.82, 2.24) is 20.3 Å². The number of nitrogens with one attached hydrogen (secondary N) is 1. The third-order valence-electron chi connectivity index (χ3n) is 3.95. The topological polar surface area (TPSA) is 61.6 Å². The van der Waals surface area contributed by atoms with Gasteiger partial charge in [-0.2, -0.15) is 0 Å². The van der Waals surface area contributed by atoms with Crippen molar-refractivity contribution in [3.63, 3.8) is 0 Å². The highest BCUT2D eigenvalue weighted by Gasteiger charge is 2.25. The number of nitrogens with zero attached hydrogens (tertiary/aromatic N) is 3.